The van der Waals surface area contributed by atoms with Crippen molar-refractivity contribution in [2.45, 2.75) is 30.2 Å². The molecule has 0 saturated heterocycles. The van der Waals surface area contributed by atoms with Gasteiger partial charge >= 0.3 is 0 Å². The minimum absolute atomic E-state index is 0.0242. The Kier molecular flexibility index (Phi) is 9.07. The fourth-order valence-electron chi connectivity index (χ4n) is 5.29. The van der Waals surface area contributed by atoms with Crippen LogP contribution in [0.25, 0.3) is 21.5 Å². The Morgan fingerprint density at radius 3 is 2.00 bits per heavy atom. The molecule has 13 nitrogen and oxygen atoms in total. The number of aromatic hydroxyl groups is 1. The van der Waals surface area contributed by atoms with Gasteiger partial charge in [-0.3, -0.25) is 9.11 Å². The fraction of sp³-hybridized carbons (Fsp3) is 0.0857. The Morgan fingerprint density at radius 1 is 0.680 bits per heavy atom. The molecule has 0 aromatic heterocycles. The highest BCUT2D eigenvalue weighted by atomic mass is 32.2. The first kappa shape index (κ1) is 34.1. The van der Waals surface area contributed by atoms with Crippen molar-refractivity contribution < 1.29 is 35.8 Å². The predicted octanol–water partition coefficient (Wildman–Crippen LogP) is 8.80. The molecule has 6 aromatic rings. The van der Waals surface area contributed by atoms with Crippen LogP contribution in [0.3, 0.4) is 0 Å². The molecule has 0 aliphatic heterocycles. The summed E-state index contributed by atoms with van der Waals surface area (Å²) < 4.78 is 75.3. The molecule has 50 heavy (non-hydrogen) atoms. The molecule has 0 bridgehead atoms. The number of aryl methyl sites for hydroxylation is 2. The standard InChI is InChI=1S/C35H29N5O8S2/c1-20-8-10-22(11-9-20)19-48-31-17-24(49(42,43)44)16-27-21(2)28(14-12-25(27)31)38-40-30-18-32(50(45,46)47)26-13-15-29(35(41)33(26)34(30)36)39-37-23-6-4-3-5-7-23/h3-18,41H,19,36H2,1-2H3,(H,42,43,44)(H,45,46,47). The maximum absolute atomic E-state index is 12.4. The number of rotatable bonds is 9. The van der Waals surface area contributed by atoms with Gasteiger partial charge in [0.2, 0.25) is 0 Å². The van der Waals surface area contributed by atoms with Crippen LogP contribution in [0.1, 0.15) is 16.7 Å². The van der Waals surface area contributed by atoms with Crippen molar-refractivity contribution in [3.63, 3.8) is 0 Å². The van der Waals surface area contributed by atoms with Gasteiger partial charge in [-0.15, -0.1) is 10.2 Å². The van der Waals surface area contributed by atoms with E-state index in [0.29, 0.717) is 22.0 Å². The van der Waals surface area contributed by atoms with E-state index >= 15 is 0 Å². The molecule has 0 spiro atoms. The van der Waals surface area contributed by atoms with E-state index in [1.807, 2.05) is 31.2 Å². The number of nitrogen functional groups attached to an aromatic ring is 1. The number of hydrogen-bond donors (Lipinski definition) is 4. The Hall–Kier alpha value is -5.74. The molecule has 0 radical (unpaired) electrons. The lowest BCUT2D eigenvalue weighted by molar-refractivity contribution is 0.309. The van der Waals surface area contributed by atoms with Gasteiger partial charge in [0, 0.05) is 16.8 Å². The van der Waals surface area contributed by atoms with Crippen LogP contribution in [0.4, 0.5) is 28.4 Å². The zero-order valence-corrected chi connectivity index (χ0v) is 28.1. The molecule has 6 rings (SSSR count). The van der Waals surface area contributed by atoms with Crippen molar-refractivity contribution in [3.8, 4) is 11.5 Å². The van der Waals surface area contributed by atoms with Crippen molar-refractivity contribution >= 4 is 70.2 Å². The van der Waals surface area contributed by atoms with Crippen LogP contribution in [-0.2, 0) is 26.8 Å². The first-order valence-electron chi connectivity index (χ1n) is 14.9. The molecule has 0 aliphatic carbocycles. The lowest BCUT2D eigenvalue weighted by Gasteiger charge is -2.14. The van der Waals surface area contributed by atoms with Gasteiger partial charge in [-0.05, 0) is 72.8 Å². The van der Waals surface area contributed by atoms with E-state index in [1.54, 1.807) is 49.4 Å². The van der Waals surface area contributed by atoms with Crippen molar-refractivity contribution in [1.29, 1.82) is 0 Å². The number of anilines is 1. The molecule has 254 valence electrons. The summed E-state index contributed by atoms with van der Waals surface area (Å²) in [7, 11) is -9.47. The SMILES string of the molecule is Cc1ccc(COc2cc(S(=O)(=O)O)cc3c(C)c(N=Nc4cc(S(=O)(=O)O)c5ccc(N=Nc6ccccc6)c(O)c5c4N)ccc23)cc1. The molecule has 6 aromatic carbocycles. The molecule has 0 heterocycles. The number of hydrogen-bond acceptors (Lipinski definition) is 11. The Labute approximate surface area is 286 Å². The number of phenols is 1. The first-order chi connectivity index (χ1) is 23.7. The summed E-state index contributed by atoms with van der Waals surface area (Å²) in [5.74, 6) is -0.297. The Bertz CT molecular complexity index is 2580. The van der Waals surface area contributed by atoms with Gasteiger partial charge < -0.3 is 15.6 Å². The lowest BCUT2D eigenvalue weighted by atomic mass is 10.0. The van der Waals surface area contributed by atoms with Gasteiger partial charge in [0.05, 0.1) is 27.3 Å². The van der Waals surface area contributed by atoms with Crippen LogP contribution in [0.5, 0.6) is 11.5 Å². The minimum atomic E-state index is -4.84. The zero-order valence-electron chi connectivity index (χ0n) is 26.5. The van der Waals surface area contributed by atoms with Crippen molar-refractivity contribution in [1.82, 2.24) is 0 Å². The van der Waals surface area contributed by atoms with Gasteiger partial charge in [0.25, 0.3) is 20.2 Å². The molecule has 0 aliphatic rings. The van der Waals surface area contributed by atoms with Gasteiger partial charge in [-0.2, -0.15) is 27.1 Å². The van der Waals surface area contributed by atoms with E-state index in [2.05, 4.69) is 20.5 Å². The summed E-state index contributed by atoms with van der Waals surface area (Å²) in [5.41, 5.74) is 9.10. The molecule has 0 saturated carbocycles. The van der Waals surface area contributed by atoms with Crippen LogP contribution in [0.2, 0.25) is 0 Å². The van der Waals surface area contributed by atoms with E-state index in [1.165, 1.54) is 24.3 Å². The fourth-order valence-corrected chi connectivity index (χ4v) is 6.52. The maximum Gasteiger partial charge on any atom is 0.295 e. The molecular formula is C35H29N5O8S2. The summed E-state index contributed by atoms with van der Waals surface area (Å²) in [6, 6.07) is 25.7. The monoisotopic (exact) mass is 711 g/mol. The molecule has 15 heteroatoms. The molecule has 5 N–H and O–H groups in total. The highest BCUT2D eigenvalue weighted by molar-refractivity contribution is 7.86. The topological polar surface area (TPSA) is 214 Å². The summed E-state index contributed by atoms with van der Waals surface area (Å²) in [6.07, 6.45) is 0. The van der Waals surface area contributed by atoms with Crippen LogP contribution in [-0.4, -0.2) is 31.0 Å². The number of azo groups is 2. The average Bonchev–Trinajstić information content (AvgIpc) is 3.07. The minimum Gasteiger partial charge on any atom is -0.505 e. The highest BCUT2D eigenvalue weighted by Gasteiger charge is 2.23. The van der Waals surface area contributed by atoms with Crippen molar-refractivity contribution in [2.24, 2.45) is 20.5 Å². The number of nitrogens with two attached hydrogens (primary N) is 1. The summed E-state index contributed by atoms with van der Waals surface area (Å²) in [6.45, 7) is 3.73. The van der Waals surface area contributed by atoms with Crippen molar-refractivity contribution in [3.05, 3.63) is 114 Å². The summed E-state index contributed by atoms with van der Waals surface area (Å²) >= 11 is 0. The molecule has 0 atom stereocenters. The second-order valence-electron chi connectivity index (χ2n) is 11.3. The van der Waals surface area contributed by atoms with E-state index in [4.69, 9.17) is 10.5 Å². The number of benzene rings is 6. The number of fused-ring (bicyclic) bond motifs is 2. The van der Waals surface area contributed by atoms with Crippen LogP contribution in [0, 0.1) is 13.8 Å². The number of nitrogens with zero attached hydrogens (tertiary/aromatic N) is 4. The first-order valence-corrected chi connectivity index (χ1v) is 17.8. The zero-order chi connectivity index (χ0) is 35.8. The van der Waals surface area contributed by atoms with E-state index in [0.717, 1.165) is 17.2 Å². The van der Waals surface area contributed by atoms with E-state index in [-0.39, 0.29) is 45.9 Å². The quantitative estimate of drug-likeness (QED) is 0.0639. The van der Waals surface area contributed by atoms with Crippen LogP contribution in [0.15, 0.2) is 127 Å². The highest BCUT2D eigenvalue weighted by Crippen LogP contribution is 2.45. The molecular weight excluding hydrogens is 683 g/mol. The average molecular weight is 712 g/mol. The lowest BCUT2D eigenvalue weighted by Crippen LogP contribution is -2.02. The predicted molar refractivity (Wildman–Crippen MR) is 189 cm³/mol. The second-order valence-corrected chi connectivity index (χ2v) is 14.2. The van der Waals surface area contributed by atoms with Gasteiger partial charge in [0.15, 0.2) is 5.75 Å². The van der Waals surface area contributed by atoms with Crippen LogP contribution >= 0.6 is 0 Å². The number of ether oxygens (including phenoxy) is 1. The Morgan fingerprint density at radius 2 is 1.32 bits per heavy atom. The largest absolute Gasteiger partial charge is 0.505 e. The smallest absolute Gasteiger partial charge is 0.295 e. The molecule has 0 amide bonds. The Balaban J connectivity index is 1.44. The number of phenolic OH excluding ortho intramolecular Hbond substituents is 1. The summed E-state index contributed by atoms with van der Waals surface area (Å²) in [4.78, 5) is -0.978. The van der Waals surface area contributed by atoms with E-state index in [9.17, 15) is 31.0 Å². The van der Waals surface area contributed by atoms with E-state index < -0.39 is 35.8 Å². The van der Waals surface area contributed by atoms with Gasteiger partial charge in [-0.25, -0.2) is 0 Å². The third-order valence-corrected chi connectivity index (χ3v) is 9.66. The van der Waals surface area contributed by atoms with Gasteiger partial charge in [0.1, 0.15) is 28.6 Å². The molecule has 0 unspecified atom stereocenters. The second kappa shape index (κ2) is 13.3. The third kappa shape index (κ3) is 7.02. The maximum atomic E-state index is 12.4. The summed E-state index contributed by atoms with van der Waals surface area (Å²) in [5, 5.41) is 28.4. The van der Waals surface area contributed by atoms with Crippen molar-refractivity contribution in [2.75, 3.05) is 5.73 Å². The normalized spacial score (nSPS) is 12.4. The third-order valence-electron chi connectivity index (χ3n) is 7.93. The van der Waals surface area contributed by atoms with Crippen LogP contribution < -0.4 is 10.5 Å². The molecule has 0 fully saturated rings. The van der Waals surface area contributed by atoms with Gasteiger partial charge in [-0.1, -0.05) is 54.1 Å².